The molecular formula is C12H14BrF3N2. The minimum atomic E-state index is -0.907. The lowest BCUT2D eigenvalue weighted by atomic mass is 10.1. The van der Waals surface area contributed by atoms with Gasteiger partial charge in [0.2, 0.25) is 0 Å². The van der Waals surface area contributed by atoms with E-state index in [0.717, 1.165) is 32.2 Å². The van der Waals surface area contributed by atoms with E-state index in [2.05, 4.69) is 26.1 Å². The van der Waals surface area contributed by atoms with Gasteiger partial charge >= 0.3 is 0 Å². The van der Waals surface area contributed by atoms with Crippen molar-refractivity contribution >= 4 is 15.9 Å². The predicted molar refractivity (Wildman–Crippen MR) is 67.0 cm³/mol. The maximum absolute atomic E-state index is 13.7. The molecule has 0 spiro atoms. The van der Waals surface area contributed by atoms with Crippen molar-refractivity contribution in [2.75, 3.05) is 32.7 Å². The Bertz CT molecular complexity index is 434. The molecular weight excluding hydrogens is 309 g/mol. The SMILES string of the molecule is Fc1cc(F)c(CCN2CCNCC2)c(F)c1Br. The summed E-state index contributed by atoms with van der Waals surface area (Å²) in [5.41, 5.74) is -0.0539. The van der Waals surface area contributed by atoms with Gasteiger partial charge in [-0.05, 0) is 22.4 Å². The monoisotopic (exact) mass is 322 g/mol. The first-order valence-electron chi connectivity index (χ1n) is 5.84. The van der Waals surface area contributed by atoms with Gasteiger partial charge in [-0.15, -0.1) is 0 Å². The third kappa shape index (κ3) is 3.05. The molecule has 0 aromatic heterocycles. The molecule has 1 fully saturated rings. The van der Waals surface area contributed by atoms with E-state index in [1.54, 1.807) is 0 Å². The number of halogens is 4. The molecule has 100 valence electrons. The van der Waals surface area contributed by atoms with Gasteiger partial charge in [0.1, 0.15) is 17.5 Å². The molecule has 0 amide bonds. The summed E-state index contributed by atoms with van der Waals surface area (Å²) < 4.78 is 40.0. The van der Waals surface area contributed by atoms with Crippen LogP contribution >= 0.6 is 15.9 Å². The van der Waals surface area contributed by atoms with Crippen LogP contribution in [0.1, 0.15) is 5.56 Å². The second kappa shape index (κ2) is 6.04. The van der Waals surface area contributed by atoms with Crippen LogP contribution < -0.4 is 5.32 Å². The lowest BCUT2D eigenvalue weighted by Crippen LogP contribution is -2.44. The number of nitrogens with one attached hydrogen (secondary N) is 1. The molecule has 0 radical (unpaired) electrons. The Hall–Kier alpha value is -0.590. The zero-order valence-electron chi connectivity index (χ0n) is 9.78. The molecule has 0 unspecified atom stereocenters. The summed E-state index contributed by atoms with van der Waals surface area (Å²) in [5, 5.41) is 3.21. The first kappa shape index (κ1) is 13.8. The maximum Gasteiger partial charge on any atom is 0.146 e. The summed E-state index contributed by atoms with van der Waals surface area (Å²) in [6, 6.07) is 0.722. The van der Waals surface area contributed by atoms with Gasteiger partial charge in [-0.3, -0.25) is 0 Å². The number of benzene rings is 1. The number of piperazine rings is 1. The summed E-state index contributed by atoms with van der Waals surface area (Å²) in [6.07, 6.45) is 0.247. The average molecular weight is 323 g/mol. The highest BCUT2D eigenvalue weighted by molar-refractivity contribution is 9.10. The number of hydrogen-bond donors (Lipinski definition) is 1. The minimum absolute atomic E-state index is 0.0539. The van der Waals surface area contributed by atoms with Crippen molar-refractivity contribution in [3.8, 4) is 0 Å². The molecule has 1 N–H and O–H groups in total. The average Bonchev–Trinajstić information content (AvgIpc) is 2.37. The van der Waals surface area contributed by atoms with Crippen LogP contribution in [0.2, 0.25) is 0 Å². The Kier molecular flexibility index (Phi) is 4.64. The van der Waals surface area contributed by atoms with Crippen LogP contribution in [0, 0.1) is 17.5 Å². The Morgan fingerprint density at radius 1 is 1.17 bits per heavy atom. The second-order valence-corrected chi connectivity index (χ2v) is 5.08. The number of nitrogens with zero attached hydrogens (tertiary/aromatic N) is 1. The van der Waals surface area contributed by atoms with Crippen molar-refractivity contribution in [2.45, 2.75) is 6.42 Å². The largest absolute Gasteiger partial charge is 0.314 e. The highest BCUT2D eigenvalue weighted by Gasteiger charge is 2.18. The van der Waals surface area contributed by atoms with Crippen molar-refractivity contribution in [1.29, 1.82) is 0 Å². The summed E-state index contributed by atoms with van der Waals surface area (Å²) in [6.45, 7) is 4.08. The number of rotatable bonds is 3. The fourth-order valence-corrected chi connectivity index (χ4v) is 2.39. The molecule has 0 atom stereocenters. The summed E-state index contributed by atoms with van der Waals surface area (Å²) in [4.78, 5) is 2.13. The molecule has 1 aliphatic rings. The maximum atomic E-state index is 13.7. The van der Waals surface area contributed by atoms with E-state index in [-0.39, 0.29) is 16.5 Å². The standard InChI is InChI=1S/C12H14BrF3N2/c13-11-10(15)7-9(14)8(12(11)16)1-4-18-5-2-17-3-6-18/h7,17H,1-6H2. The first-order valence-corrected chi connectivity index (χ1v) is 6.64. The summed E-state index contributed by atoms with van der Waals surface area (Å²) in [5.74, 6) is -2.55. The van der Waals surface area contributed by atoms with E-state index in [1.165, 1.54) is 0 Å². The quantitative estimate of drug-likeness (QED) is 0.678. The second-order valence-electron chi connectivity index (χ2n) is 4.29. The van der Waals surface area contributed by atoms with Crippen LogP contribution in [0.5, 0.6) is 0 Å². The fraction of sp³-hybridized carbons (Fsp3) is 0.500. The van der Waals surface area contributed by atoms with Crippen molar-refractivity contribution in [3.05, 3.63) is 33.6 Å². The fourth-order valence-electron chi connectivity index (χ4n) is 2.04. The van der Waals surface area contributed by atoms with Crippen molar-refractivity contribution in [2.24, 2.45) is 0 Å². The van der Waals surface area contributed by atoms with E-state index < -0.39 is 17.5 Å². The van der Waals surface area contributed by atoms with Crippen molar-refractivity contribution in [1.82, 2.24) is 10.2 Å². The van der Waals surface area contributed by atoms with E-state index >= 15 is 0 Å². The van der Waals surface area contributed by atoms with Gasteiger partial charge in [0, 0.05) is 44.4 Å². The van der Waals surface area contributed by atoms with E-state index in [0.29, 0.717) is 6.54 Å². The van der Waals surface area contributed by atoms with Crippen LogP contribution in [0.4, 0.5) is 13.2 Å². The molecule has 0 saturated carbocycles. The Balaban J connectivity index is 2.06. The van der Waals surface area contributed by atoms with Gasteiger partial charge in [0.05, 0.1) is 4.47 Å². The molecule has 1 aromatic rings. The van der Waals surface area contributed by atoms with Gasteiger partial charge in [-0.1, -0.05) is 0 Å². The zero-order chi connectivity index (χ0) is 13.1. The van der Waals surface area contributed by atoms with Gasteiger partial charge in [-0.2, -0.15) is 0 Å². The van der Waals surface area contributed by atoms with Gasteiger partial charge in [-0.25, -0.2) is 13.2 Å². The zero-order valence-corrected chi connectivity index (χ0v) is 11.4. The van der Waals surface area contributed by atoms with Gasteiger partial charge in [0.25, 0.3) is 0 Å². The lowest BCUT2D eigenvalue weighted by molar-refractivity contribution is 0.242. The van der Waals surface area contributed by atoms with Gasteiger partial charge in [0.15, 0.2) is 0 Å². The first-order chi connectivity index (χ1) is 8.59. The predicted octanol–water partition coefficient (Wildman–Crippen LogP) is 2.31. The Morgan fingerprint density at radius 2 is 1.83 bits per heavy atom. The topological polar surface area (TPSA) is 15.3 Å². The third-order valence-electron chi connectivity index (χ3n) is 3.10. The molecule has 0 bridgehead atoms. The van der Waals surface area contributed by atoms with Crippen molar-refractivity contribution < 1.29 is 13.2 Å². The van der Waals surface area contributed by atoms with E-state index in [9.17, 15) is 13.2 Å². The van der Waals surface area contributed by atoms with Crippen LogP contribution in [-0.2, 0) is 6.42 Å². The molecule has 2 rings (SSSR count). The Morgan fingerprint density at radius 3 is 2.50 bits per heavy atom. The third-order valence-corrected chi connectivity index (χ3v) is 3.82. The highest BCUT2D eigenvalue weighted by atomic mass is 79.9. The van der Waals surface area contributed by atoms with E-state index in [4.69, 9.17) is 0 Å². The van der Waals surface area contributed by atoms with Crippen LogP contribution in [0.3, 0.4) is 0 Å². The van der Waals surface area contributed by atoms with Gasteiger partial charge < -0.3 is 10.2 Å². The molecule has 1 aromatic carbocycles. The summed E-state index contributed by atoms with van der Waals surface area (Å²) >= 11 is 2.79. The smallest absolute Gasteiger partial charge is 0.146 e. The van der Waals surface area contributed by atoms with E-state index in [1.807, 2.05) is 0 Å². The van der Waals surface area contributed by atoms with Crippen molar-refractivity contribution in [3.63, 3.8) is 0 Å². The molecule has 0 aliphatic carbocycles. The van der Waals surface area contributed by atoms with Crippen LogP contribution in [0.15, 0.2) is 10.5 Å². The normalized spacial score (nSPS) is 17.1. The lowest BCUT2D eigenvalue weighted by Gasteiger charge is -2.27. The molecule has 1 aliphatic heterocycles. The Labute approximate surface area is 112 Å². The minimum Gasteiger partial charge on any atom is -0.314 e. The summed E-state index contributed by atoms with van der Waals surface area (Å²) in [7, 11) is 0. The highest BCUT2D eigenvalue weighted by Crippen LogP contribution is 2.25. The molecule has 1 heterocycles. The van der Waals surface area contributed by atoms with Crippen LogP contribution in [0.25, 0.3) is 0 Å². The molecule has 6 heteroatoms. The molecule has 18 heavy (non-hydrogen) atoms. The number of hydrogen-bond acceptors (Lipinski definition) is 2. The molecule has 1 saturated heterocycles. The van der Waals surface area contributed by atoms with Crippen LogP contribution in [-0.4, -0.2) is 37.6 Å². The molecule has 2 nitrogen and oxygen atoms in total.